The average molecular weight is 339 g/mol. The number of hydrogen-bond donors (Lipinski definition) is 1. The van der Waals surface area contributed by atoms with Crippen molar-refractivity contribution in [3.63, 3.8) is 0 Å². The van der Waals surface area contributed by atoms with Crippen molar-refractivity contribution in [1.29, 1.82) is 0 Å². The number of benzene rings is 1. The second-order valence-corrected chi connectivity index (χ2v) is 6.39. The fraction of sp³-hybridized carbons (Fsp3) is 0.400. The van der Waals surface area contributed by atoms with Gasteiger partial charge in [-0.05, 0) is 66.6 Å². The molecule has 5 heteroatoms. The Morgan fingerprint density at radius 3 is 2.84 bits per heavy atom. The minimum atomic E-state index is -0.0772. The first-order valence-electron chi connectivity index (χ1n) is 8.85. The Balaban J connectivity index is 1.34. The van der Waals surface area contributed by atoms with Crippen LogP contribution in [-0.2, 0) is 19.3 Å². The highest BCUT2D eigenvalue weighted by Gasteiger charge is 2.11. The van der Waals surface area contributed by atoms with Gasteiger partial charge in [-0.15, -0.1) is 0 Å². The SMILES string of the molecule is CN(CCc1ccncc1)C(=O)NCCOc1ccc2c(c1)CCC2. The molecule has 0 bridgehead atoms. The van der Waals surface area contributed by atoms with Gasteiger partial charge < -0.3 is 15.0 Å². The number of rotatable bonds is 7. The summed E-state index contributed by atoms with van der Waals surface area (Å²) in [6, 6.07) is 10.2. The number of carbonyl (C=O) groups is 1. The van der Waals surface area contributed by atoms with Crippen LogP contribution in [0.15, 0.2) is 42.7 Å². The fourth-order valence-corrected chi connectivity index (χ4v) is 3.05. The highest BCUT2D eigenvalue weighted by atomic mass is 16.5. The normalized spacial score (nSPS) is 12.5. The highest BCUT2D eigenvalue weighted by molar-refractivity contribution is 5.73. The molecule has 0 saturated heterocycles. The molecule has 0 atom stereocenters. The monoisotopic (exact) mass is 339 g/mol. The Labute approximate surface area is 149 Å². The number of likely N-dealkylation sites (N-methyl/N-ethyl adjacent to an activating group) is 1. The van der Waals surface area contributed by atoms with Crippen LogP contribution in [0.1, 0.15) is 23.1 Å². The van der Waals surface area contributed by atoms with Crippen molar-refractivity contribution in [2.24, 2.45) is 0 Å². The van der Waals surface area contributed by atoms with Crippen molar-refractivity contribution >= 4 is 6.03 Å². The topological polar surface area (TPSA) is 54.5 Å². The number of fused-ring (bicyclic) bond motifs is 1. The Morgan fingerprint density at radius 2 is 2.00 bits per heavy atom. The van der Waals surface area contributed by atoms with E-state index in [0.717, 1.165) is 18.6 Å². The Morgan fingerprint density at radius 1 is 1.20 bits per heavy atom. The molecule has 25 heavy (non-hydrogen) atoms. The molecule has 2 amide bonds. The van der Waals surface area contributed by atoms with Crippen molar-refractivity contribution in [3.05, 3.63) is 59.4 Å². The minimum absolute atomic E-state index is 0.0772. The van der Waals surface area contributed by atoms with Crippen molar-refractivity contribution in [2.45, 2.75) is 25.7 Å². The van der Waals surface area contributed by atoms with E-state index in [4.69, 9.17) is 4.74 Å². The van der Waals surface area contributed by atoms with Crippen LogP contribution in [0.25, 0.3) is 0 Å². The molecule has 0 radical (unpaired) electrons. The van der Waals surface area contributed by atoms with Crippen molar-refractivity contribution in [3.8, 4) is 5.75 Å². The molecule has 1 aromatic carbocycles. The summed E-state index contributed by atoms with van der Waals surface area (Å²) in [4.78, 5) is 17.8. The summed E-state index contributed by atoms with van der Waals surface area (Å²) in [6.45, 7) is 1.64. The molecule has 5 nitrogen and oxygen atoms in total. The molecule has 1 N–H and O–H groups in total. The van der Waals surface area contributed by atoms with Crippen LogP contribution in [0.3, 0.4) is 0 Å². The highest BCUT2D eigenvalue weighted by Crippen LogP contribution is 2.25. The van der Waals surface area contributed by atoms with Gasteiger partial charge in [-0.1, -0.05) is 6.07 Å². The van der Waals surface area contributed by atoms with Crippen LogP contribution >= 0.6 is 0 Å². The van der Waals surface area contributed by atoms with Crippen LogP contribution in [-0.4, -0.2) is 42.7 Å². The van der Waals surface area contributed by atoms with E-state index >= 15 is 0 Å². The number of aryl methyl sites for hydroxylation is 2. The van der Waals surface area contributed by atoms with E-state index in [1.54, 1.807) is 24.3 Å². The first-order chi connectivity index (χ1) is 12.2. The number of urea groups is 1. The van der Waals surface area contributed by atoms with Gasteiger partial charge in [0.15, 0.2) is 0 Å². The number of amides is 2. The van der Waals surface area contributed by atoms with E-state index in [-0.39, 0.29) is 6.03 Å². The molecule has 132 valence electrons. The van der Waals surface area contributed by atoms with Gasteiger partial charge in [0.2, 0.25) is 0 Å². The van der Waals surface area contributed by atoms with Crippen molar-refractivity contribution in [1.82, 2.24) is 15.2 Å². The lowest BCUT2D eigenvalue weighted by Gasteiger charge is -2.18. The molecule has 1 aliphatic rings. The number of pyridine rings is 1. The van der Waals surface area contributed by atoms with E-state index in [2.05, 4.69) is 22.4 Å². The van der Waals surface area contributed by atoms with E-state index in [9.17, 15) is 4.79 Å². The van der Waals surface area contributed by atoms with E-state index < -0.39 is 0 Å². The van der Waals surface area contributed by atoms with E-state index in [1.807, 2.05) is 18.2 Å². The molecule has 0 fully saturated rings. The van der Waals surface area contributed by atoms with Crippen molar-refractivity contribution < 1.29 is 9.53 Å². The average Bonchev–Trinajstić information content (AvgIpc) is 3.11. The number of ether oxygens (including phenoxy) is 1. The van der Waals surface area contributed by atoms with Gasteiger partial charge >= 0.3 is 6.03 Å². The molecule has 0 aliphatic heterocycles. The lowest BCUT2D eigenvalue weighted by molar-refractivity contribution is 0.206. The maximum absolute atomic E-state index is 12.1. The van der Waals surface area contributed by atoms with Gasteiger partial charge in [-0.25, -0.2) is 4.79 Å². The summed E-state index contributed by atoms with van der Waals surface area (Å²) >= 11 is 0. The maximum atomic E-state index is 12.1. The summed E-state index contributed by atoms with van der Waals surface area (Å²) in [5.74, 6) is 0.890. The van der Waals surface area contributed by atoms with Gasteiger partial charge in [0, 0.05) is 26.0 Å². The van der Waals surface area contributed by atoms with E-state index in [0.29, 0.717) is 19.7 Å². The smallest absolute Gasteiger partial charge is 0.317 e. The molecular weight excluding hydrogens is 314 g/mol. The van der Waals surface area contributed by atoms with Gasteiger partial charge in [-0.2, -0.15) is 0 Å². The summed E-state index contributed by atoms with van der Waals surface area (Å²) < 4.78 is 5.75. The first kappa shape index (κ1) is 17.3. The van der Waals surface area contributed by atoms with Crippen LogP contribution in [0.5, 0.6) is 5.75 Å². The van der Waals surface area contributed by atoms with Crippen LogP contribution in [0.2, 0.25) is 0 Å². The lowest BCUT2D eigenvalue weighted by Crippen LogP contribution is -2.40. The Bertz CT molecular complexity index is 703. The Hall–Kier alpha value is -2.56. The summed E-state index contributed by atoms with van der Waals surface area (Å²) in [5, 5.41) is 2.89. The zero-order valence-electron chi connectivity index (χ0n) is 14.7. The predicted molar refractivity (Wildman–Crippen MR) is 97.9 cm³/mol. The third-order valence-electron chi connectivity index (χ3n) is 4.55. The van der Waals surface area contributed by atoms with Crippen LogP contribution in [0, 0.1) is 0 Å². The molecule has 1 heterocycles. The molecule has 3 rings (SSSR count). The van der Waals surface area contributed by atoms with Crippen LogP contribution < -0.4 is 10.1 Å². The second kappa shape index (κ2) is 8.51. The molecule has 2 aromatic rings. The molecule has 0 saturated carbocycles. The first-order valence-corrected chi connectivity index (χ1v) is 8.85. The molecule has 0 spiro atoms. The van der Waals surface area contributed by atoms with E-state index in [1.165, 1.54) is 29.5 Å². The summed E-state index contributed by atoms with van der Waals surface area (Å²) in [5.41, 5.74) is 4.02. The van der Waals surface area contributed by atoms with Gasteiger partial charge in [-0.3, -0.25) is 4.98 Å². The van der Waals surface area contributed by atoms with Gasteiger partial charge in [0.25, 0.3) is 0 Å². The molecular formula is C20H25N3O2. The third kappa shape index (κ3) is 4.95. The summed E-state index contributed by atoms with van der Waals surface area (Å²) in [6.07, 6.45) is 7.92. The minimum Gasteiger partial charge on any atom is -0.492 e. The quantitative estimate of drug-likeness (QED) is 0.789. The van der Waals surface area contributed by atoms with Gasteiger partial charge in [0.1, 0.15) is 12.4 Å². The standard InChI is InChI=1S/C20H25N3O2/c1-23(13-9-16-7-10-21-11-8-16)20(24)22-12-14-25-19-6-5-17-3-2-4-18(17)15-19/h5-8,10-11,15H,2-4,9,12-14H2,1H3,(H,22,24). The maximum Gasteiger partial charge on any atom is 0.317 e. The largest absolute Gasteiger partial charge is 0.492 e. The fourth-order valence-electron chi connectivity index (χ4n) is 3.05. The number of nitrogens with one attached hydrogen (secondary N) is 1. The zero-order chi connectivity index (χ0) is 17.5. The molecule has 0 unspecified atom stereocenters. The van der Waals surface area contributed by atoms with Gasteiger partial charge in [0.05, 0.1) is 6.54 Å². The summed E-state index contributed by atoms with van der Waals surface area (Å²) in [7, 11) is 1.80. The molecule has 1 aromatic heterocycles. The second-order valence-electron chi connectivity index (χ2n) is 6.39. The van der Waals surface area contributed by atoms with Crippen molar-refractivity contribution in [2.75, 3.05) is 26.7 Å². The van der Waals surface area contributed by atoms with Crippen LogP contribution in [0.4, 0.5) is 4.79 Å². The molecule has 1 aliphatic carbocycles. The Kier molecular flexibility index (Phi) is 5.88. The lowest BCUT2D eigenvalue weighted by atomic mass is 10.1. The number of nitrogens with zero attached hydrogens (tertiary/aromatic N) is 2. The zero-order valence-corrected chi connectivity index (χ0v) is 14.7. The number of carbonyl (C=O) groups excluding carboxylic acids is 1. The number of hydrogen-bond acceptors (Lipinski definition) is 3. The third-order valence-corrected chi connectivity index (χ3v) is 4.55. The number of aromatic nitrogens is 1. The predicted octanol–water partition coefficient (Wildman–Crippen LogP) is 2.83.